The number of nitrogens with one attached hydrogen (secondary N) is 3. The Labute approximate surface area is 159 Å². The van der Waals surface area contributed by atoms with E-state index in [1.54, 1.807) is 0 Å². The van der Waals surface area contributed by atoms with E-state index in [0.717, 1.165) is 0 Å². The zero-order valence-electron chi connectivity index (χ0n) is 16.3. The third kappa shape index (κ3) is 11.2. The lowest BCUT2D eigenvalue weighted by Gasteiger charge is -2.23. The zero-order chi connectivity index (χ0) is 21.0. The molecule has 0 aromatic carbocycles. The second-order valence-corrected chi connectivity index (χ2v) is 6.94. The van der Waals surface area contributed by atoms with Crippen LogP contribution in [0.5, 0.6) is 0 Å². The minimum atomic E-state index is -1.14. The van der Waals surface area contributed by atoms with Crippen LogP contribution in [0.25, 0.3) is 0 Å². The van der Waals surface area contributed by atoms with E-state index in [-0.39, 0.29) is 18.9 Å². The topological polar surface area (TPSA) is 177 Å². The lowest BCUT2D eigenvalue weighted by molar-refractivity contribution is -0.142. The van der Waals surface area contributed by atoms with Gasteiger partial charge >= 0.3 is 5.97 Å². The number of carboxylic acids is 1. The zero-order valence-corrected chi connectivity index (χ0v) is 16.3. The SMILES string of the molecule is CC(C)CC(NC(=O)CNC(=O)C(C)N)C(=O)NC(CCCCN)C(=O)O. The first-order valence-corrected chi connectivity index (χ1v) is 9.14. The summed E-state index contributed by atoms with van der Waals surface area (Å²) in [6, 6.07) is -2.70. The largest absolute Gasteiger partial charge is 0.480 e. The first-order valence-electron chi connectivity index (χ1n) is 9.14. The molecule has 0 bridgehead atoms. The molecule has 0 rings (SSSR count). The third-order valence-electron chi connectivity index (χ3n) is 3.76. The van der Waals surface area contributed by atoms with Gasteiger partial charge in [0.25, 0.3) is 0 Å². The van der Waals surface area contributed by atoms with Crippen molar-refractivity contribution in [2.75, 3.05) is 13.1 Å². The monoisotopic (exact) mass is 387 g/mol. The Kier molecular flexibility index (Phi) is 12.0. The molecule has 0 saturated heterocycles. The predicted octanol–water partition coefficient (Wildman–Crippen LogP) is -1.32. The van der Waals surface area contributed by atoms with E-state index in [1.165, 1.54) is 6.92 Å². The summed E-state index contributed by atoms with van der Waals surface area (Å²) in [5.41, 5.74) is 10.8. The Morgan fingerprint density at radius 2 is 1.59 bits per heavy atom. The van der Waals surface area contributed by atoms with E-state index in [0.29, 0.717) is 25.8 Å². The van der Waals surface area contributed by atoms with Gasteiger partial charge in [-0.2, -0.15) is 0 Å². The van der Waals surface area contributed by atoms with Gasteiger partial charge in [-0.15, -0.1) is 0 Å². The van der Waals surface area contributed by atoms with Gasteiger partial charge < -0.3 is 32.5 Å². The second-order valence-electron chi connectivity index (χ2n) is 6.94. The summed E-state index contributed by atoms with van der Waals surface area (Å²) in [4.78, 5) is 47.3. The Bertz CT molecular complexity index is 510. The minimum absolute atomic E-state index is 0.0835. The average molecular weight is 387 g/mol. The number of rotatable bonds is 13. The summed E-state index contributed by atoms with van der Waals surface area (Å²) in [7, 11) is 0. The fraction of sp³-hybridized carbons (Fsp3) is 0.765. The molecular weight excluding hydrogens is 354 g/mol. The van der Waals surface area contributed by atoms with Crippen LogP contribution in [0, 0.1) is 5.92 Å². The number of carboxylic acid groups (broad SMARTS) is 1. The van der Waals surface area contributed by atoms with Gasteiger partial charge in [0, 0.05) is 0 Å². The molecule has 0 aliphatic carbocycles. The highest BCUT2D eigenvalue weighted by Gasteiger charge is 2.27. The summed E-state index contributed by atoms with van der Waals surface area (Å²) in [6.07, 6.45) is 1.81. The summed E-state index contributed by atoms with van der Waals surface area (Å²) in [6.45, 7) is 5.36. The molecule has 0 saturated carbocycles. The van der Waals surface area contributed by atoms with E-state index < -0.39 is 41.8 Å². The quantitative estimate of drug-likeness (QED) is 0.212. The number of carbonyl (C=O) groups excluding carboxylic acids is 3. The number of aliphatic carboxylic acids is 1. The molecule has 3 atom stereocenters. The van der Waals surface area contributed by atoms with Crippen LogP contribution in [-0.2, 0) is 19.2 Å². The van der Waals surface area contributed by atoms with Crippen LogP contribution in [0.1, 0.15) is 46.5 Å². The standard InChI is InChI=1S/C17H33N5O5/c1-10(2)8-13(21-14(23)9-20-15(24)11(3)19)16(25)22-12(17(26)27)6-4-5-7-18/h10-13H,4-9,18-19H2,1-3H3,(H,20,24)(H,21,23)(H,22,25)(H,26,27). The van der Waals surface area contributed by atoms with E-state index in [4.69, 9.17) is 11.5 Å². The Morgan fingerprint density at radius 3 is 2.07 bits per heavy atom. The number of nitrogens with two attached hydrogens (primary N) is 2. The van der Waals surface area contributed by atoms with Crippen molar-refractivity contribution in [3.8, 4) is 0 Å². The van der Waals surface area contributed by atoms with Crippen LogP contribution >= 0.6 is 0 Å². The first-order chi connectivity index (χ1) is 12.6. The highest BCUT2D eigenvalue weighted by molar-refractivity contribution is 5.92. The van der Waals surface area contributed by atoms with Crippen molar-refractivity contribution >= 4 is 23.7 Å². The Hall–Kier alpha value is -2.20. The van der Waals surface area contributed by atoms with Crippen LogP contribution in [0.3, 0.4) is 0 Å². The van der Waals surface area contributed by atoms with Crippen molar-refractivity contribution in [2.45, 2.75) is 64.6 Å². The molecule has 10 heteroatoms. The molecule has 10 nitrogen and oxygen atoms in total. The summed E-state index contributed by atoms with van der Waals surface area (Å²) < 4.78 is 0. The molecule has 3 unspecified atom stereocenters. The van der Waals surface area contributed by atoms with E-state index in [1.807, 2.05) is 13.8 Å². The molecule has 156 valence electrons. The smallest absolute Gasteiger partial charge is 0.326 e. The maximum Gasteiger partial charge on any atom is 0.326 e. The molecular formula is C17H33N5O5. The highest BCUT2D eigenvalue weighted by atomic mass is 16.4. The molecule has 8 N–H and O–H groups in total. The molecule has 0 radical (unpaired) electrons. The first kappa shape index (κ1) is 24.8. The van der Waals surface area contributed by atoms with Crippen LogP contribution in [0.15, 0.2) is 0 Å². The molecule has 0 fully saturated rings. The molecule has 27 heavy (non-hydrogen) atoms. The molecule has 3 amide bonds. The fourth-order valence-electron chi connectivity index (χ4n) is 2.30. The maximum atomic E-state index is 12.5. The van der Waals surface area contributed by atoms with Gasteiger partial charge in [0.05, 0.1) is 12.6 Å². The second kappa shape index (κ2) is 13.0. The molecule has 0 aromatic heterocycles. The number of amides is 3. The lowest BCUT2D eigenvalue weighted by Crippen LogP contribution is -2.54. The van der Waals surface area contributed by atoms with Crippen molar-refractivity contribution < 1.29 is 24.3 Å². The normalized spacial score (nSPS) is 14.1. The number of unbranched alkanes of at least 4 members (excludes halogenated alkanes) is 1. The highest BCUT2D eigenvalue weighted by Crippen LogP contribution is 2.07. The minimum Gasteiger partial charge on any atom is -0.480 e. The van der Waals surface area contributed by atoms with Gasteiger partial charge in [-0.3, -0.25) is 14.4 Å². The summed E-state index contributed by atoms with van der Waals surface area (Å²) in [5.74, 6) is -2.67. The summed E-state index contributed by atoms with van der Waals surface area (Å²) in [5, 5.41) is 16.6. The van der Waals surface area contributed by atoms with Crippen molar-refractivity contribution in [3.05, 3.63) is 0 Å². The van der Waals surface area contributed by atoms with Gasteiger partial charge in [-0.05, 0) is 45.1 Å². The maximum absolute atomic E-state index is 12.5. The van der Waals surface area contributed by atoms with E-state index in [2.05, 4.69) is 16.0 Å². The Morgan fingerprint density at radius 1 is 0.963 bits per heavy atom. The van der Waals surface area contributed by atoms with Gasteiger partial charge in [-0.25, -0.2) is 4.79 Å². The molecule has 0 aromatic rings. The van der Waals surface area contributed by atoms with E-state index in [9.17, 15) is 24.3 Å². The van der Waals surface area contributed by atoms with Crippen molar-refractivity contribution in [3.63, 3.8) is 0 Å². The molecule has 0 aliphatic rings. The van der Waals surface area contributed by atoms with Crippen LogP contribution < -0.4 is 27.4 Å². The average Bonchev–Trinajstić information content (AvgIpc) is 2.57. The van der Waals surface area contributed by atoms with Crippen LogP contribution in [-0.4, -0.2) is 60.0 Å². The number of carbonyl (C=O) groups is 4. The van der Waals surface area contributed by atoms with Gasteiger partial charge in [0.1, 0.15) is 12.1 Å². The van der Waals surface area contributed by atoms with Crippen molar-refractivity contribution in [2.24, 2.45) is 17.4 Å². The third-order valence-corrected chi connectivity index (χ3v) is 3.76. The van der Waals surface area contributed by atoms with Gasteiger partial charge in [-0.1, -0.05) is 13.8 Å². The number of hydrogen-bond donors (Lipinski definition) is 6. The molecule has 0 heterocycles. The molecule has 0 spiro atoms. The van der Waals surface area contributed by atoms with Crippen molar-refractivity contribution in [1.82, 2.24) is 16.0 Å². The van der Waals surface area contributed by atoms with Crippen LogP contribution in [0.2, 0.25) is 0 Å². The van der Waals surface area contributed by atoms with Gasteiger partial charge in [0.15, 0.2) is 0 Å². The fourth-order valence-corrected chi connectivity index (χ4v) is 2.30. The van der Waals surface area contributed by atoms with Gasteiger partial charge in [0.2, 0.25) is 17.7 Å². The Balaban J connectivity index is 4.84. The van der Waals surface area contributed by atoms with Crippen molar-refractivity contribution in [1.29, 1.82) is 0 Å². The van der Waals surface area contributed by atoms with E-state index >= 15 is 0 Å². The van der Waals surface area contributed by atoms with Crippen LogP contribution in [0.4, 0.5) is 0 Å². The predicted molar refractivity (Wildman–Crippen MR) is 101 cm³/mol. The number of hydrogen-bond acceptors (Lipinski definition) is 6. The molecule has 0 aliphatic heterocycles. The lowest BCUT2D eigenvalue weighted by atomic mass is 10.0. The summed E-state index contributed by atoms with van der Waals surface area (Å²) >= 11 is 0.